The molecule has 2 heterocycles. The van der Waals surface area contributed by atoms with Crippen molar-refractivity contribution in [3.8, 4) is 11.5 Å². The predicted octanol–water partition coefficient (Wildman–Crippen LogP) is 5.60. The van der Waals surface area contributed by atoms with E-state index in [9.17, 15) is 0 Å². The molecule has 0 spiro atoms. The summed E-state index contributed by atoms with van der Waals surface area (Å²) in [6.45, 7) is 1.36. The first-order chi connectivity index (χ1) is 14.2. The van der Waals surface area contributed by atoms with Gasteiger partial charge in [0, 0.05) is 47.8 Å². The lowest BCUT2D eigenvalue weighted by molar-refractivity contribution is -0.0402. The van der Waals surface area contributed by atoms with Crippen LogP contribution in [0.2, 0.25) is 5.02 Å². The standard InChI is InChI=1S/C23H23ClN2O3/c1-27-21-10-9-20(14-22(21)29-23-8-4-12-28-23)26(16-17-5-3-11-25-15-17)19-7-2-6-18(24)13-19/h2-3,5-7,9-11,13-15,23H,4,8,12,16H2,1H3. The van der Waals surface area contributed by atoms with Crippen molar-refractivity contribution >= 4 is 23.0 Å². The van der Waals surface area contributed by atoms with E-state index in [0.29, 0.717) is 23.1 Å². The number of ether oxygens (including phenoxy) is 3. The molecule has 6 heteroatoms. The summed E-state index contributed by atoms with van der Waals surface area (Å²) in [6, 6.07) is 17.7. The highest BCUT2D eigenvalue weighted by Gasteiger charge is 2.20. The minimum absolute atomic E-state index is 0.239. The van der Waals surface area contributed by atoms with Gasteiger partial charge >= 0.3 is 0 Å². The second-order valence-electron chi connectivity index (χ2n) is 6.82. The van der Waals surface area contributed by atoms with E-state index in [1.54, 1.807) is 13.3 Å². The van der Waals surface area contributed by atoms with Crippen LogP contribution in [0, 0.1) is 0 Å². The summed E-state index contributed by atoms with van der Waals surface area (Å²) in [6.07, 6.45) is 5.28. The molecule has 5 nitrogen and oxygen atoms in total. The fraction of sp³-hybridized carbons (Fsp3) is 0.261. The zero-order valence-electron chi connectivity index (χ0n) is 16.3. The van der Waals surface area contributed by atoms with Crippen molar-refractivity contribution in [3.63, 3.8) is 0 Å². The van der Waals surface area contributed by atoms with Crippen LogP contribution in [0.5, 0.6) is 11.5 Å². The second-order valence-corrected chi connectivity index (χ2v) is 7.26. The number of halogens is 1. The average Bonchev–Trinajstić information content (AvgIpc) is 3.26. The number of methoxy groups -OCH3 is 1. The van der Waals surface area contributed by atoms with Gasteiger partial charge in [0.1, 0.15) is 0 Å². The molecule has 1 aromatic heterocycles. The van der Waals surface area contributed by atoms with Gasteiger partial charge in [0.25, 0.3) is 0 Å². The molecule has 0 N–H and O–H groups in total. The summed E-state index contributed by atoms with van der Waals surface area (Å²) in [5, 5.41) is 0.683. The fourth-order valence-electron chi connectivity index (χ4n) is 3.36. The Morgan fingerprint density at radius 3 is 2.72 bits per heavy atom. The van der Waals surface area contributed by atoms with Gasteiger partial charge < -0.3 is 19.1 Å². The molecule has 2 aromatic carbocycles. The highest BCUT2D eigenvalue weighted by Crippen LogP contribution is 2.37. The third kappa shape index (κ3) is 4.81. The van der Waals surface area contributed by atoms with Crippen molar-refractivity contribution in [2.45, 2.75) is 25.7 Å². The topological polar surface area (TPSA) is 43.8 Å². The number of pyridine rings is 1. The number of hydrogen-bond acceptors (Lipinski definition) is 5. The zero-order chi connectivity index (χ0) is 20.1. The van der Waals surface area contributed by atoms with Gasteiger partial charge in [-0.3, -0.25) is 4.98 Å². The Kier molecular flexibility index (Phi) is 6.17. The summed E-state index contributed by atoms with van der Waals surface area (Å²) in [5.74, 6) is 1.34. The molecule has 0 aliphatic carbocycles. The minimum atomic E-state index is -0.239. The predicted molar refractivity (Wildman–Crippen MR) is 114 cm³/mol. The second kappa shape index (κ2) is 9.16. The maximum Gasteiger partial charge on any atom is 0.200 e. The summed E-state index contributed by atoms with van der Waals surface area (Å²) < 4.78 is 17.2. The largest absolute Gasteiger partial charge is 0.493 e. The first-order valence-electron chi connectivity index (χ1n) is 9.61. The van der Waals surface area contributed by atoms with Crippen LogP contribution in [0.4, 0.5) is 11.4 Å². The number of aromatic nitrogens is 1. The maximum atomic E-state index is 6.27. The molecule has 1 saturated heterocycles. The Hall–Kier alpha value is -2.76. The number of nitrogens with zero attached hydrogens (tertiary/aromatic N) is 2. The van der Waals surface area contributed by atoms with Crippen LogP contribution in [0.1, 0.15) is 18.4 Å². The van der Waals surface area contributed by atoms with Crippen LogP contribution in [0.3, 0.4) is 0 Å². The lowest BCUT2D eigenvalue weighted by Crippen LogP contribution is -2.18. The number of rotatable bonds is 7. The smallest absolute Gasteiger partial charge is 0.200 e. The van der Waals surface area contributed by atoms with E-state index in [0.717, 1.165) is 36.4 Å². The lowest BCUT2D eigenvalue weighted by atomic mass is 10.2. The third-order valence-corrected chi connectivity index (χ3v) is 5.02. The molecule has 1 aliphatic heterocycles. The SMILES string of the molecule is COc1ccc(N(Cc2cccnc2)c2cccc(Cl)c2)cc1OC1CCCO1. The quantitative estimate of drug-likeness (QED) is 0.507. The van der Waals surface area contributed by atoms with E-state index in [-0.39, 0.29) is 6.29 Å². The average molecular weight is 411 g/mol. The van der Waals surface area contributed by atoms with Crippen LogP contribution in [-0.2, 0) is 11.3 Å². The maximum absolute atomic E-state index is 6.27. The van der Waals surface area contributed by atoms with Crippen molar-refractivity contribution in [2.75, 3.05) is 18.6 Å². The molecule has 0 bridgehead atoms. The van der Waals surface area contributed by atoms with E-state index in [4.69, 9.17) is 25.8 Å². The van der Waals surface area contributed by atoms with E-state index >= 15 is 0 Å². The third-order valence-electron chi connectivity index (χ3n) is 4.79. The first kappa shape index (κ1) is 19.6. The Morgan fingerprint density at radius 2 is 2.00 bits per heavy atom. The Labute approximate surface area is 175 Å². The summed E-state index contributed by atoms with van der Waals surface area (Å²) >= 11 is 6.27. The van der Waals surface area contributed by atoms with Crippen LogP contribution in [0.25, 0.3) is 0 Å². The highest BCUT2D eigenvalue weighted by atomic mass is 35.5. The Morgan fingerprint density at radius 1 is 1.10 bits per heavy atom. The van der Waals surface area contributed by atoms with Crippen LogP contribution < -0.4 is 14.4 Å². The number of benzene rings is 2. The summed E-state index contributed by atoms with van der Waals surface area (Å²) in [5.41, 5.74) is 3.03. The van der Waals surface area contributed by atoms with Gasteiger partial charge in [-0.1, -0.05) is 23.7 Å². The number of anilines is 2. The molecule has 1 atom stereocenters. The minimum Gasteiger partial charge on any atom is -0.493 e. The molecule has 150 valence electrons. The van der Waals surface area contributed by atoms with E-state index in [1.807, 2.05) is 54.7 Å². The van der Waals surface area contributed by atoms with Crippen molar-refractivity contribution in [1.82, 2.24) is 4.98 Å². The molecule has 29 heavy (non-hydrogen) atoms. The number of hydrogen-bond donors (Lipinski definition) is 0. The van der Waals surface area contributed by atoms with Gasteiger partial charge in [0.15, 0.2) is 17.8 Å². The molecule has 4 rings (SSSR count). The van der Waals surface area contributed by atoms with Gasteiger partial charge in [-0.2, -0.15) is 0 Å². The van der Waals surface area contributed by atoms with Crippen LogP contribution in [0.15, 0.2) is 67.0 Å². The van der Waals surface area contributed by atoms with Crippen molar-refractivity contribution in [3.05, 3.63) is 77.6 Å². The molecule has 0 radical (unpaired) electrons. The molecule has 0 saturated carbocycles. The molecular weight excluding hydrogens is 388 g/mol. The monoisotopic (exact) mass is 410 g/mol. The van der Waals surface area contributed by atoms with Gasteiger partial charge in [0.05, 0.1) is 13.7 Å². The molecule has 3 aromatic rings. The Balaban J connectivity index is 1.71. The Bertz CT molecular complexity index is 946. The van der Waals surface area contributed by atoms with Gasteiger partial charge in [-0.05, 0) is 48.4 Å². The van der Waals surface area contributed by atoms with Crippen molar-refractivity contribution in [2.24, 2.45) is 0 Å². The highest BCUT2D eigenvalue weighted by molar-refractivity contribution is 6.30. The van der Waals surface area contributed by atoms with E-state index in [1.165, 1.54) is 0 Å². The van der Waals surface area contributed by atoms with E-state index < -0.39 is 0 Å². The molecule has 1 fully saturated rings. The molecule has 1 aliphatic rings. The summed E-state index contributed by atoms with van der Waals surface area (Å²) in [4.78, 5) is 6.41. The van der Waals surface area contributed by atoms with E-state index in [2.05, 4.69) is 16.0 Å². The fourth-order valence-corrected chi connectivity index (χ4v) is 3.54. The summed E-state index contributed by atoms with van der Waals surface area (Å²) in [7, 11) is 1.64. The normalized spacial score (nSPS) is 15.9. The molecular formula is C23H23ClN2O3. The van der Waals surface area contributed by atoms with Crippen molar-refractivity contribution in [1.29, 1.82) is 0 Å². The lowest BCUT2D eigenvalue weighted by Gasteiger charge is -2.26. The molecule has 0 amide bonds. The van der Waals surface area contributed by atoms with Crippen LogP contribution >= 0.6 is 11.6 Å². The van der Waals surface area contributed by atoms with Crippen LogP contribution in [-0.4, -0.2) is 25.0 Å². The van der Waals surface area contributed by atoms with Crippen molar-refractivity contribution < 1.29 is 14.2 Å². The first-order valence-corrected chi connectivity index (χ1v) is 9.99. The van der Waals surface area contributed by atoms with Gasteiger partial charge in [-0.25, -0.2) is 0 Å². The zero-order valence-corrected chi connectivity index (χ0v) is 17.0. The van der Waals surface area contributed by atoms with Gasteiger partial charge in [0.2, 0.25) is 0 Å². The molecule has 1 unspecified atom stereocenters. The van der Waals surface area contributed by atoms with Gasteiger partial charge in [-0.15, -0.1) is 0 Å².